The lowest BCUT2D eigenvalue weighted by Gasteiger charge is -2.13. The lowest BCUT2D eigenvalue weighted by molar-refractivity contribution is -0.116. The van der Waals surface area contributed by atoms with Crippen LogP contribution in [0.25, 0.3) is 0 Å². The van der Waals surface area contributed by atoms with Gasteiger partial charge in [-0.1, -0.05) is 6.07 Å². The third kappa shape index (κ3) is 5.71. The summed E-state index contributed by atoms with van der Waals surface area (Å²) in [7, 11) is -1.62. The van der Waals surface area contributed by atoms with Crippen molar-refractivity contribution < 1.29 is 13.2 Å². The van der Waals surface area contributed by atoms with E-state index in [0.717, 1.165) is 11.8 Å². The van der Waals surface area contributed by atoms with Crippen molar-refractivity contribution in [1.29, 1.82) is 0 Å². The Kier molecular flexibility index (Phi) is 5.31. The first kappa shape index (κ1) is 15.5. The molecule has 1 amide bonds. The molecule has 0 bridgehead atoms. The van der Waals surface area contributed by atoms with Crippen LogP contribution in [0, 0.1) is 6.92 Å². The molecule has 106 valence electrons. The molecule has 1 rings (SSSR count). The van der Waals surface area contributed by atoms with Gasteiger partial charge in [-0.05, 0) is 31.7 Å². The highest BCUT2D eigenvalue weighted by Gasteiger charge is 2.10. The molecule has 0 aliphatic rings. The Hall–Kier alpha value is -1.60. The van der Waals surface area contributed by atoms with E-state index in [-0.39, 0.29) is 5.91 Å². The van der Waals surface area contributed by atoms with Gasteiger partial charge in [0.15, 0.2) is 0 Å². The highest BCUT2D eigenvalue weighted by atomic mass is 32.2. The number of aryl methyl sites for hydroxylation is 1. The fraction of sp³-hybridized carbons (Fsp3) is 0.417. The first-order valence-corrected chi connectivity index (χ1v) is 7.74. The smallest absolute Gasteiger partial charge is 0.229 e. The van der Waals surface area contributed by atoms with Gasteiger partial charge in [-0.25, -0.2) is 8.42 Å². The molecule has 0 fully saturated rings. The van der Waals surface area contributed by atoms with Crippen molar-refractivity contribution in [2.45, 2.75) is 13.3 Å². The maximum atomic E-state index is 11.7. The van der Waals surface area contributed by atoms with Crippen molar-refractivity contribution in [1.82, 2.24) is 5.32 Å². The summed E-state index contributed by atoms with van der Waals surface area (Å²) in [5.74, 6) is -0.170. The number of hydrogen-bond acceptors (Lipinski definition) is 4. The quantitative estimate of drug-likeness (QED) is 0.725. The summed E-state index contributed by atoms with van der Waals surface area (Å²) in [6.45, 7) is 2.43. The Morgan fingerprint density at radius 1 is 1.26 bits per heavy atom. The molecule has 3 N–H and O–H groups in total. The van der Waals surface area contributed by atoms with E-state index >= 15 is 0 Å². The monoisotopic (exact) mass is 285 g/mol. The lowest BCUT2D eigenvalue weighted by atomic mass is 10.2. The van der Waals surface area contributed by atoms with Crippen LogP contribution in [0.4, 0.5) is 11.4 Å². The molecule has 0 aliphatic heterocycles. The molecule has 0 aromatic heterocycles. The normalized spacial score (nSPS) is 11.1. The zero-order valence-corrected chi connectivity index (χ0v) is 12.1. The third-order valence-electron chi connectivity index (χ3n) is 2.35. The Balaban J connectivity index is 2.91. The molecule has 19 heavy (non-hydrogen) atoms. The van der Waals surface area contributed by atoms with Crippen molar-refractivity contribution in [3.8, 4) is 0 Å². The van der Waals surface area contributed by atoms with Gasteiger partial charge < -0.3 is 10.6 Å². The van der Waals surface area contributed by atoms with E-state index in [0.29, 0.717) is 24.3 Å². The van der Waals surface area contributed by atoms with Crippen molar-refractivity contribution in [2.24, 2.45) is 0 Å². The number of carbonyl (C=O) groups is 1. The number of carbonyl (C=O) groups excluding carboxylic acids is 1. The average molecular weight is 285 g/mol. The Bertz CT molecular complexity index is 555. The van der Waals surface area contributed by atoms with Crippen LogP contribution in [0.2, 0.25) is 0 Å². The summed E-state index contributed by atoms with van der Waals surface area (Å²) in [5, 5.41) is 5.58. The lowest BCUT2D eigenvalue weighted by Crippen LogP contribution is -2.20. The molecule has 1 aromatic rings. The third-order valence-corrected chi connectivity index (χ3v) is 2.94. The fourth-order valence-electron chi connectivity index (χ4n) is 1.50. The highest BCUT2D eigenvalue weighted by molar-refractivity contribution is 7.92. The van der Waals surface area contributed by atoms with Crippen LogP contribution in [0.1, 0.15) is 12.0 Å². The molecule has 0 saturated heterocycles. The van der Waals surface area contributed by atoms with Gasteiger partial charge in [-0.2, -0.15) is 0 Å². The van der Waals surface area contributed by atoms with Crippen LogP contribution in [0.5, 0.6) is 0 Å². The number of hydrogen-bond donors (Lipinski definition) is 3. The molecule has 1 aromatic carbocycles. The minimum Gasteiger partial charge on any atom is -0.324 e. The zero-order valence-electron chi connectivity index (χ0n) is 11.3. The van der Waals surface area contributed by atoms with E-state index in [4.69, 9.17) is 0 Å². The minimum atomic E-state index is -3.38. The summed E-state index contributed by atoms with van der Waals surface area (Å²) in [5.41, 5.74) is 1.76. The fourth-order valence-corrected chi connectivity index (χ4v) is 2.08. The number of anilines is 2. The van der Waals surface area contributed by atoms with Gasteiger partial charge in [0.1, 0.15) is 0 Å². The molecule has 0 heterocycles. The van der Waals surface area contributed by atoms with Crippen molar-refractivity contribution in [3.63, 3.8) is 0 Å². The second kappa shape index (κ2) is 6.53. The van der Waals surface area contributed by atoms with Crippen LogP contribution in [-0.2, 0) is 14.8 Å². The number of benzene rings is 1. The standard InChI is InChI=1S/C12H19N3O3S/c1-9-4-5-10(15-19(3,17)18)11(8-9)14-12(16)6-7-13-2/h4-5,8,13,15H,6-7H2,1-3H3,(H,14,16). The number of amides is 1. The van der Waals surface area contributed by atoms with Gasteiger partial charge >= 0.3 is 0 Å². The molecule has 0 radical (unpaired) electrons. The van der Waals surface area contributed by atoms with E-state index < -0.39 is 10.0 Å². The molecular weight excluding hydrogens is 266 g/mol. The van der Waals surface area contributed by atoms with Gasteiger partial charge in [0, 0.05) is 13.0 Å². The van der Waals surface area contributed by atoms with E-state index in [2.05, 4.69) is 15.4 Å². The van der Waals surface area contributed by atoms with Crippen LogP contribution >= 0.6 is 0 Å². The number of nitrogens with one attached hydrogen (secondary N) is 3. The van der Waals surface area contributed by atoms with Crippen LogP contribution in [0.15, 0.2) is 18.2 Å². The second-order valence-electron chi connectivity index (χ2n) is 4.32. The first-order valence-electron chi connectivity index (χ1n) is 5.84. The van der Waals surface area contributed by atoms with Crippen LogP contribution < -0.4 is 15.4 Å². The molecule has 0 atom stereocenters. The van der Waals surface area contributed by atoms with E-state index in [1.807, 2.05) is 6.92 Å². The van der Waals surface area contributed by atoms with Gasteiger partial charge in [-0.15, -0.1) is 0 Å². The molecule has 0 saturated carbocycles. The van der Waals surface area contributed by atoms with Gasteiger partial charge in [0.25, 0.3) is 0 Å². The van der Waals surface area contributed by atoms with E-state index in [9.17, 15) is 13.2 Å². The highest BCUT2D eigenvalue weighted by Crippen LogP contribution is 2.24. The van der Waals surface area contributed by atoms with Crippen molar-refractivity contribution in [3.05, 3.63) is 23.8 Å². The van der Waals surface area contributed by atoms with E-state index in [1.165, 1.54) is 0 Å². The maximum Gasteiger partial charge on any atom is 0.229 e. The first-order chi connectivity index (χ1) is 8.81. The summed E-state index contributed by atoms with van der Waals surface area (Å²) in [6, 6.07) is 5.13. The van der Waals surface area contributed by atoms with Crippen LogP contribution in [0.3, 0.4) is 0 Å². The predicted octanol–water partition coefficient (Wildman–Crippen LogP) is 0.915. The minimum absolute atomic E-state index is 0.170. The zero-order chi connectivity index (χ0) is 14.5. The molecule has 7 heteroatoms. The van der Waals surface area contributed by atoms with Gasteiger partial charge in [0.2, 0.25) is 15.9 Å². The van der Waals surface area contributed by atoms with Crippen LogP contribution in [-0.4, -0.2) is 34.2 Å². The maximum absolute atomic E-state index is 11.7. The summed E-state index contributed by atoms with van der Waals surface area (Å²) in [6.07, 6.45) is 1.39. The Morgan fingerprint density at radius 2 is 1.95 bits per heavy atom. The average Bonchev–Trinajstić information content (AvgIpc) is 2.28. The Morgan fingerprint density at radius 3 is 2.53 bits per heavy atom. The second-order valence-corrected chi connectivity index (χ2v) is 6.07. The van der Waals surface area contributed by atoms with Crippen molar-refractivity contribution in [2.75, 3.05) is 29.9 Å². The molecule has 0 spiro atoms. The molecule has 0 unspecified atom stereocenters. The van der Waals surface area contributed by atoms with Gasteiger partial charge in [0.05, 0.1) is 17.6 Å². The molecular formula is C12H19N3O3S. The Labute approximate surface area is 113 Å². The summed E-state index contributed by atoms with van der Waals surface area (Å²) >= 11 is 0. The van der Waals surface area contributed by atoms with Gasteiger partial charge in [-0.3, -0.25) is 9.52 Å². The summed E-state index contributed by atoms with van der Waals surface area (Å²) in [4.78, 5) is 11.7. The predicted molar refractivity (Wildman–Crippen MR) is 76.8 cm³/mol. The number of sulfonamides is 1. The summed E-state index contributed by atoms with van der Waals surface area (Å²) < 4.78 is 24.9. The van der Waals surface area contributed by atoms with E-state index in [1.54, 1.807) is 25.2 Å². The molecule has 6 nitrogen and oxygen atoms in total. The largest absolute Gasteiger partial charge is 0.324 e. The topological polar surface area (TPSA) is 87.3 Å². The van der Waals surface area contributed by atoms with Crippen molar-refractivity contribution >= 4 is 27.3 Å². The number of rotatable bonds is 6. The SMILES string of the molecule is CNCCC(=O)Nc1cc(C)ccc1NS(C)(=O)=O. The molecule has 0 aliphatic carbocycles.